The van der Waals surface area contributed by atoms with Crippen LogP contribution in [0, 0.1) is 0 Å². The van der Waals surface area contributed by atoms with Crippen LogP contribution in [0.25, 0.3) is 0 Å². The van der Waals surface area contributed by atoms with E-state index in [1.165, 1.54) is 11.8 Å². The monoisotopic (exact) mass is 372 g/mol. The Morgan fingerprint density at radius 1 is 1.20 bits per heavy atom. The van der Waals surface area contributed by atoms with E-state index in [1.807, 2.05) is 0 Å². The Bertz CT molecular complexity index is 688. The number of rotatable bonds is 5. The van der Waals surface area contributed by atoms with E-state index in [-0.39, 0.29) is 5.75 Å². The van der Waals surface area contributed by atoms with Gasteiger partial charge in [-0.05, 0) is 30.3 Å². The van der Waals surface area contributed by atoms with Gasteiger partial charge in [0.2, 0.25) is 0 Å². The molecule has 106 valence electrons. The van der Waals surface area contributed by atoms with E-state index in [0.29, 0.717) is 16.3 Å². The molecule has 0 fully saturated rings. The SMILES string of the molecule is Nc1cnccc1SCCS(=O)(=O)c1ccc(Br)cc1. The Morgan fingerprint density at radius 2 is 1.90 bits per heavy atom. The number of benzene rings is 1. The molecule has 0 aliphatic carbocycles. The van der Waals surface area contributed by atoms with Crippen molar-refractivity contribution in [2.24, 2.45) is 0 Å². The van der Waals surface area contributed by atoms with E-state index in [0.717, 1.165) is 9.37 Å². The Hall–Kier alpha value is -1.05. The number of thioether (sulfide) groups is 1. The number of hydrogen-bond donors (Lipinski definition) is 1. The van der Waals surface area contributed by atoms with E-state index >= 15 is 0 Å². The predicted molar refractivity (Wildman–Crippen MR) is 85.6 cm³/mol. The summed E-state index contributed by atoms with van der Waals surface area (Å²) in [7, 11) is -3.26. The molecule has 0 spiro atoms. The minimum absolute atomic E-state index is 0.0705. The van der Waals surface area contributed by atoms with Gasteiger partial charge in [-0.1, -0.05) is 15.9 Å². The van der Waals surface area contributed by atoms with Gasteiger partial charge in [-0.2, -0.15) is 0 Å². The summed E-state index contributed by atoms with van der Waals surface area (Å²) in [6.07, 6.45) is 3.20. The van der Waals surface area contributed by atoms with Gasteiger partial charge in [0.1, 0.15) is 0 Å². The van der Waals surface area contributed by atoms with Crippen LogP contribution in [0.2, 0.25) is 0 Å². The molecule has 0 aliphatic rings. The summed E-state index contributed by atoms with van der Waals surface area (Å²) in [5.74, 6) is 0.522. The predicted octanol–water partition coefficient (Wildman–Crippen LogP) is 2.99. The molecule has 1 aromatic carbocycles. The third-order valence-electron chi connectivity index (χ3n) is 2.59. The number of nitrogen functional groups attached to an aromatic ring is 1. The van der Waals surface area contributed by atoms with Crippen molar-refractivity contribution in [3.63, 3.8) is 0 Å². The summed E-state index contributed by atoms with van der Waals surface area (Å²) >= 11 is 4.70. The summed E-state index contributed by atoms with van der Waals surface area (Å²) in [5, 5.41) is 0. The highest BCUT2D eigenvalue weighted by molar-refractivity contribution is 9.10. The highest BCUT2D eigenvalue weighted by Gasteiger charge is 2.14. The lowest BCUT2D eigenvalue weighted by molar-refractivity contribution is 0.597. The molecule has 1 aromatic heterocycles. The van der Waals surface area contributed by atoms with Crippen LogP contribution in [-0.2, 0) is 9.84 Å². The fourth-order valence-corrected chi connectivity index (χ4v) is 4.40. The maximum atomic E-state index is 12.1. The van der Waals surface area contributed by atoms with Crippen LogP contribution in [-0.4, -0.2) is 24.9 Å². The molecule has 20 heavy (non-hydrogen) atoms. The summed E-state index contributed by atoms with van der Waals surface area (Å²) in [6.45, 7) is 0. The first kappa shape index (κ1) is 15.3. The second-order valence-corrected chi connectivity index (χ2v) is 8.20. The molecular formula is C13H13BrN2O2S2. The van der Waals surface area contributed by atoms with Crippen molar-refractivity contribution in [2.45, 2.75) is 9.79 Å². The smallest absolute Gasteiger partial charge is 0.179 e. The van der Waals surface area contributed by atoms with E-state index in [1.54, 1.807) is 42.7 Å². The topological polar surface area (TPSA) is 73.0 Å². The zero-order valence-corrected chi connectivity index (χ0v) is 13.7. The first-order chi connectivity index (χ1) is 9.49. The van der Waals surface area contributed by atoms with Gasteiger partial charge < -0.3 is 5.73 Å². The summed E-state index contributed by atoms with van der Waals surface area (Å²) in [4.78, 5) is 5.09. The molecule has 7 heteroatoms. The zero-order chi connectivity index (χ0) is 14.6. The van der Waals surface area contributed by atoms with Crippen molar-refractivity contribution >= 4 is 43.2 Å². The van der Waals surface area contributed by atoms with E-state index in [4.69, 9.17) is 5.73 Å². The van der Waals surface area contributed by atoms with Crippen LogP contribution in [0.1, 0.15) is 0 Å². The van der Waals surface area contributed by atoms with E-state index < -0.39 is 9.84 Å². The number of nitrogens with two attached hydrogens (primary N) is 1. The normalized spacial score (nSPS) is 11.4. The molecule has 2 aromatic rings. The minimum Gasteiger partial charge on any atom is -0.397 e. The van der Waals surface area contributed by atoms with Crippen LogP contribution in [0.15, 0.2) is 57.0 Å². The quantitative estimate of drug-likeness (QED) is 0.816. The Labute approximate surface area is 130 Å². The average Bonchev–Trinajstić information content (AvgIpc) is 2.41. The molecule has 1 heterocycles. The number of pyridine rings is 1. The largest absolute Gasteiger partial charge is 0.397 e. The molecule has 0 atom stereocenters. The zero-order valence-electron chi connectivity index (χ0n) is 10.5. The van der Waals surface area contributed by atoms with Crippen LogP contribution in [0.4, 0.5) is 5.69 Å². The van der Waals surface area contributed by atoms with Crippen molar-refractivity contribution in [1.82, 2.24) is 4.98 Å². The molecule has 0 radical (unpaired) electrons. The lowest BCUT2D eigenvalue weighted by atomic mass is 10.4. The van der Waals surface area contributed by atoms with Crippen LogP contribution in [0.5, 0.6) is 0 Å². The molecule has 0 amide bonds. The van der Waals surface area contributed by atoms with Gasteiger partial charge >= 0.3 is 0 Å². The van der Waals surface area contributed by atoms with Crippen molar-refractivity contribution in [2.75, 3.05) is 17.2 Å². The second-order valence-electron chi connectivity index (χ2n) is 4.03. The lowest BCUT2D eigenvalue weighted by Crippen LogP contribution is -2.08. The molecule has 2 rings (SSSR count). The van der Waals surface area contributed by atoms with Gasteiger partial charge in [-0.25, -0.2) is 8.42 Å². The molecule has 2 N–H and O–H groups in total. The van der Waals surface area contributed by atoms with Crippen molar-refractivity contribution in [3.05, 3.63) is 47.2 Å². The fraction of sp³-hybridized carbons (Fsp3) is 0.154. The van der Waals surface area contributed by atoms with Crippen LogP contribution in [0.3, 0.4) is 0 Å². The van der Waals surface area contributed by atoms with Crippen LogP contribution >= 0.6 is 27.7 Å². The third-order valence-corrected chi connectivity index (χ3v) is 6.20. The van der Waals surface area contributed by atoms with Gasteiger partial charge in [0, 0.05) is 21.3 Å². The summed E-state index contributed by atoms with van der Waals surface area (Å²) in [5.41, 5.74) is 6.33. The minimum atomic E-state index is -3.26. The number of anilines is 1. The lowest BCUT2D eigenvalue weighted by Gasteiger charge is -2.06. The van der Waals surface area contributed by atoms with Gasteiger partial charge in [-0.3, -0.25) is 4.98 Å². The number of hydrogen-bond acceptors (Lipinski definition) is 5. The molecule has 4 nitrogen and oxygen atoms in total. The fourth-order valence-electron chi connectivity index (χ4n) is 1.55. The molecule has 0 saturated carbocycles. The van der Waals surface area contributed by atoms with Crippen molar-refractivity contribution < 1.29 is 8.42 Å². The molecule has 0 bridgehead atoms. The van der Waals surface area contributed by atoms with E-state index in [9.17, 15) is 8.42 Å². The summed E-state index contributed by atoms with van der Waals surface area (Å²) < 4.78 is 25.1. The van der Waals surface area contributed by atoms with Crippen molar-refractivity contribution in [1.29, 1.82) is 0 Å². The average molecular weight is 373 g/mol. The van der Waals surface area contributed by atoms with Crippen LogP contribution < -0.4 is 5.73 Å². The van der Waals surface area contributed by atoms with Gasteiger partial charge in [-0.15, -0.1) is 11.8 Å². The second kappa shape index (κ2) is 6.60. The summed E-state index contributed by atoms with van der Waals surface area (Å²) in [6, 6.07) is 8.43. The maximum Gasteiger partial charge on any atom is 0.179 e. The highest BCUT2D eigenvalue weighted by atomic mass is 79.9. The molecule has 0 aliphatic heterocycles. The number of halogens is 1. The Balaban J connectivity index is 2.00. The Kier molecular flexibility index (Phi) is 5.06. The van der Waals surface area contributed by atoms with Gasteiger partial charge in [0.05, 0.1) is 22.5 Å². The molecular weight excluding hydrogens is 360 g/mol. The molecule has 0 unspecified atom stereocenters. The van der Waals surface area contributed by atoms with E-state index in [2.05, 4.69) is 20.9 Å². The third kappa shape index (κ3) is 3.97. The van der Waals surface area contributed by atoms with Gasteiger partial charge in [0.25, 0.3) is 0 Å². The highest BCUT2D eigenvalue weighted by Crippen LogP contribution is 2.24. The standard InChI is InChI=1S/C13H13BrN2O2S2/c14-10-1-3-11(4-2-10)20(17,18)8-7-19-13-5-6-16-9-12(13)15/h1-6,9H,7-8,15H2. The Morgan fingerprint density at radius 3 is 2.55 bits per heavy atom. The van der Waals surface area contributed by atoms with Gasteiger partial charge in [0.15, 0.2) is 9.84 Å². The number of aromatic nitrogens is 1. The van der Waals surface area contributed by atoms with Crippen molar-refractivity contribution in [3.8, 4) is 0 Å². The maximum absolute atomic E-state index is 12.1. The number of nitrogens with zero attached hydrogens (tertiary/aromatic N) is 1. The first-order valence-corrected chi connectivity index (χ1v) is 9.23. The first-order valence-electron chi connectivity index (χ1n) is 5.80. The number of sulfone groups is 1. The molecule has 0 saturated heterocycles.